The van der Waals surface area contributed by atoms with E-state index in [2.05, 4.69) is 31.3 Å². The molecular formula is C14H21NO2. The Morgan fingerprint density at radius 1 is 1.35 bits per heavy atom. The van der Waals surface area contributed by atoms with Gasteiger partial charge in [-0.1, -0.05) is 6.07 Å². The molecular weight excluding hydrogens is 214 g/mol. The number of hydrogen-bond donors (Lipinski definition) is 1. The Bertz CT molecular complexity index is 359. The second kappa shape index (κ2) is 6.03. The van der Waals surface area contributed by atoms with Crippen molar-refractivity contribution >= 4 is 0 Å². The molecule has 1 fully saturated rings. The number of hydrogen-bond acceptors (Lipinski definition) is 3. The summed E-state index contributed by atoms with van der Waals surface area (Å²) in [6.07, 6.45) is 1.25. The zero-order valence-electron chi connectivity index (χ0n) is 10.7. The van der Waals surface area contributed by atoms with Gasteiger partial charge in [0, 0.05) is 19.5 Å². The normalized spacial score (nSPS) is 20.2. The molecule has 0 radical (unpaired) electrons. The third kappa shape index (κ3) is 3.72. The fraction of sp³-hybridized carbons (Fsp3) is 0.571. The Labute approximate surface area is 103 Å². The van der Waals surface area contributed by atoms with Gasteiger partial charge in [0.1, 0.15) is 5.75 Å². The molecule has 3 heteroatoms. The first-order valence-corrected chi connectivity index (χ1v) is 6.28. The van der Waals surface area contributed by atoms with E-state index in [4.69, 9.17) is 9.47 Å². The first kappa shape index (κ1) is 12.4. The maximum Gasteiger partial charge on any atom is 0.119 e. The smallest absolute Gasteiger partial charge is 0.119 e. The summed E-state index contributed by atoms with van der Waals surface area (Å²) in [7, 11) is 0. The monoisotopic (exact) mass is 235 g/mol. The van der Waals surface area contributed by atoms with Gasteiger partial charge >= 0.3 is 0 Å². The van der Waals surface area contributed by atoms with Crippen LogP contribution in [0.15, 0.2) is 18.2 Å². The van der Waals surface area contributed by atoms with E-state index in [1.807, 2.05) is 6.07 Å². The number of nitrogens with one attached hydrogen (secondary N) is 1. The Morgan fingerprint density at radius 2 is 2.24 bits per heavy atom. The molecule has 0 aromatic heterocycles. The van der Waals surface area contributed by atoms with Gasteiger partial charge in [0.15, 0.2) is 0 Å². The molecule has 17 heavy (non-hydrogen) atoms. The molecule has 94 valence electrons. The van der Waals surface area contributed by atoms with Crippen LogP contribution >= 0.6 is 0 Å². The molecule has 0 spiro atoms. The molecule has 1 aromatic rings. The largest absolute Gasteiger partial charge is 0.493 e. The third-order valence-corrected chi connectivity index (χ3v) is 3.19. The first-order valence-electron chi connectivity index (χ1n) is 6.28. The molecule has 0 aliphatic carbocycles. The quantitative estimate of drug-likeness (QED) is 0.866. The van der Waals surface area contributed by atoms with Crippen molar-refractivity contribution in [1.82, 2.24) is 5.32 Å². The predicted molar refractivity (Wildman–Crippen MR) is 68.6 cm³/mol. The molecule has 1 aromatic carbocycles. The van der Waals surface area contributed by atoms with Crippen LogP contribution in [0.25, 0.3) is 0 Å². The van der Waals surface area contributed by atoms with Crippen LogP contribution in [0.5, 0.6) is 5.75 Å². The highest BCUT2D eigenvalue weighted by atomic mass is 16.5. The Hall–Kier alpha value is -1.06. The van der Waals surface area contributed by atoms with Crippen LogP contribution in [-0.4, -0.2) is 32.4 Å². The second-order valence-electron chi connectivity index (χ2n) is 4.58. The molecule has 1 aliphatic heterocycles. The Balaban J connectivity index is 1.75. The molecule has 1 atom stereocenters. The summed E-state index contributed by atoms with van der Waals surface area (Å²) in [6, 6.07) is 6.22. The summed E-state index contributed by atoms with van der Waals surface area (Å²) >= 11 is 0. The summed E-state index contributed by atoms with van der Waals surface area (Å²) in [5.74, 6) is 0.955. The minimum Gasteiger partial charge on any atom is -0.493 e. The van der Waals surface area contributed by atoms with Crippen LogP contribution in [0.3, 0.4) is 0 Å². The number of rotatable bonds is 4. The molecule has 0 bridgehead atoms. The van der Waals surface area contributed by atoms with Crippen LogP contribution in [0, 0.1) is 13.8 Å². The minimum absolute atomic E-state index is 0.301. The SMILES string of the molecule is Cc1ccc(OCCC2CNCCO2)cc1C. The third-order valence-electron chi connectivity index (χ3n) is 3.19. The zero-order valence-corrected chi connectivity index (χ0v) is 10.7. The van der Waals surface area contributed by atoms with Crippen molar-refractivity contribution in [3.8, 4) is 5.75 Å². The highest BCUT2D eigenvalue weighted by molar-refractivity contribution is 5.33. The van der Waals surface area contributed by atoms with Gasteiger partial charge in [-0.05, 0) is 37.1 Å². The van der Waals surface area contributed by atoms with E-state index in [-0.39, 0.29) is 0 Å². The van der Waals surface area contributed by atoms with E-state index >= 15 is 0 Å². The minimum atomic E-state index is 0.301. The molecule has 1 saturated heterocycles. The predicted octanol–water partition coefficient (Wildman–Crippen LogP) is 2.06. The van der Waals surface area contributed by atoms with Crippen LogP contribution in [0.4, 0.5) is 0 Å². The van der Waals surface area contributed by atoms with Gasteiger partial charge in [0.05, 0.1) is 19.3 Å². The lowest BCUT2D eigenvalue weighted by atomic mass is 10.1. The number of aryl methyl sites for hydroxylation is 2. The number of benzene rings is 1. The molecule has 1 aliphatic rings. The average molecular weight is 235 g/mol. The maximum atomic E-state index is 5.74. The van der Waals surface area contributed by atoms with Gasteiger partial charge in [0.2, 0.25) is 0 Å². The summed E-state index contributed by atoms with van der Waals surface area (Å²) in [5.41, 5.74) is 2.58. The second-order valence-corrected chi connectivity index (χ2v) is 4.58. The van der Waals surface area contributed by atoms with Crippen molar-refractivity contribution < 1.29 is 9.47 Å². The van der Waals surface area contributed by atoms with Crippen molar-refractivity contribution in [2.75, 3.05) is 26.3 Å². The van der Waals surface area contributed by atoms with E-state index in [9.17, 15) is 0 Å². The van der Waals surface area contributed by atoms with Crippen LogP contribution in [0.2, 0.25) is 0 Å². The van der Waals surface area contributed by atoms with E-state index < -0.39 is 0 Å². The van der Waals surface area contributed by atoms with Crippen molar-refractivity contribution in [3.05, 3.63) is 29.3 Å². The van der Waals surface area contributed by atoms with Crippen molar-refractivity contribution in [3.63, 3.8) is 0 Å². The number of ether oxygens (including phenoxy) is 2. The average Bonchev–Trinajstić information content (AvgIpc) is 2.35. The van der Waals surface area contributed by atoms with Crippen LogP contribution < -0.4 is 10.1 Å². The lowest BCUT2D eigenvalue weighted by molar-refractivity contribution is 0.0159. The van der Waals surface area contributed by atoms with Crippen LogP contribution in [-0.2, 0) is 4.74 Å². The molecule has 1 unspecified atom stereocenters. The lowest BCUT2D eigenvalue weighted by Crippen LogP contribution is -2.39. The standard InChI is InChI=1S/C14H21NO2/c1-11-3-4-13(9-12(11)2)16-7-5-14-10-15-6-8-17-14/h3-4,9,14-15H,5-8,10H2,1-2H3. The summed E-state index contributed by atoms with van der Waals surface area (Å²) in [4.78, 5) is 0. The lowest BCUT2D eigenvalue weighted by Gasteiger charge is -2.23. The topological polar surface area (TPSA) is 30.5 Å². The molecule has 0 amide bonds. The fourth-order valence-electron chi connectivity index (χ4n) is 1.92. The van der Waals surface area contributed by atoms with Gasteiger partial charge in [-0.25, -0.2) is 0 Å². The molecule has 1 N–H and O–H groups in total. The zero-order chi connectivity index (χ0) is 12.1. The summed E-state index contributed by atoms with van der Waals surface area (Å²) < 4.78 is 11.4. The highest BCUT2D eigenvalue weighted by Crippen LogP contribution is 2.16. The maximum absolute atomic E-state index is 5.74. The fourth-order valence-corrected chi connectivity index (χ4v) is 1.92. The Kier molecular flexibility index (Phi) is 4.40. The summed E-state index contributed by atoms with van der Waals surface area (Å²) in [5, 5.41) is 3.32. The van der Waals surface area contributed by atoms with Crippen LogP contribution in [0.1, 0.15) is 17.5 Å². The van der Waals surface area contributed by atoms with Gasteiger partial charge in [0.25, 0.3) is 0 Å². The first-order chi connectivity index (χ1) is 8.25. The molecule has 2 rings (SSSR count). The Morgan fingerprint density at radius 3 is 2.94 bits per heavy atom. The van der Waals surface area contributed by atoms with Gasteiger partial charge < -0.3 is 14.8 Å². The van der Waals surface area contributed by atoms with E-state index in [0.717, 1.165) is 38.5 Å². The van der Waals surface area contributed by atoms with Crippen molar-refractivity contribution in [1.29, 1.82) is 0 Å². The van der Waals surface area contributed by atoms with E-state index in [1.165, 1.54) is 11.1 Å². The van der Waals surface area contributed by atoms with Gasteiger partial charge in [-0.15, -0.1) is 0 Å². The number of morpholine rings is 1. The molecule has 1 heterocycles. The van der Waals surface area contributed by atoms with E-state index in [1.54, 1.807) is 0 Å². The van der Waals surface area contributed by atoms with Gasteiger partial charge in [-0.2, -0.15) is 0 Å². The van der Waals surface area contributed by atoms with Gasteiger partial charge in [-0.3, -0.25) is 0 Å². The highest BCUT2D eigenvalue weighted by Gasteiger charge is 2.12. The van der Waals surface area contributed by atoms with Crippen molar-refractivity contribution in [2.45, 2.75) is 26.4 Å². The van der Waals surface area contributed by atoms with Crippen molar-refractivity contribution in [2.24, 2.45) is 0 Å². The summed E-state index contributed by atoms with van der Waals surface area (Å²) in [6.45, 7) is 7.66. The molecule has 3 nitrogen and oxygen atoms in total. The molecule has 0 saturated carbocycles. The van der Waals surface area contributed by atoms with E-state index in [0.29, 0.717) is 6.10 Å².